The number of pyridine rings is 2. The van der Waals surface area contributed by atoms with Crippen LogP contribution in [0.4, 0.5) is 19.0 Å². The van der Waals surface area contributed by atoms with E-state index in [1.165, 1.54) is 36.0 Å². The highest BCUT2D eigenvalue weighted by molar-refractivity contribution is 7.92. The second-order valence-electron chi connectivity index (χ2n) is 8.12. The number of nitrogens with one attached hydrogen (secondary N) is 1. The van der Waals surface area contributed by atoms with Crippen LogP contribution in [0.1, 0.15) is 20.8 Å². The molecule has 2 N–H and O–H groups in total. The predicted octanol–water partition coefficient (Wildman–Crippen LogP) is 3.16. The number of methoxy groups -OCH3 is 1. The van der Waals surface area contributed by atoms with E-state index in [2.05, 4.69) is 15.3 Å². The van der Waals surface area contributed by atoms with Crippen LogP contribution in [0, 0.1) is 5.95 Å². The number of aliphatic hydroxyl groups is 1. The van der Waals surface area contributed by atoms with E-state index in [9.17, 15) is 21.6 Å². The molecule has 3 aromatic heterocycles. The number of rotatable bonds is 7. The Morgan fingerprint density at radius 3 is 2.50 bits per heavy atom. The van der Waals surface area contributed by atoms with Crippen LogP contribution < -0.4 is 10.1 Å². The van der Waals surface area contributed by atoms with Crippen LogP contribution in [0.3, 0.4) is 0 Å². The number of fused-ring (bicyclic) bond motifs is 1. The van der Waals surface area contributed by atoms with Crippen LogP contribution in [-0.2, 0) is 9.84 Å². The SMILES string of the molecule is COc1cc2ncc(-c3cc(F)nc(NCC(F)(F)CO)c3)n2cc1S(=O)(=O)C(C)(C)C. The number of alkyl halides is 2. The lowest BCUT2D eigenvalue weighted by Gasteiger charge is -2.21. The maximum Gasteiger partial charge on any atom is 0.287 e. The molecule has 3 aromatic rings. The third-order valence-electron chi connectivity index (χ3n) is 4.74. The molecule has 0 unspecified atom stereocenters. The number of aliphatic hydroxyl groups excluding tert-OH is 1. The second kappa shape index (κ2) is 8.24. The Balaban J connectivity index is 2.14. The summed E-state index contributed by atoms with van der Waals surface area (Å²) in [7, 11) is -2.47. The Morgan fingerprint density at radius 1 is 1.22 bits per heavy atom. The van der Waals surface area contributed by atoms with Crippen LogP contribution in [0.5, 0.6) is 5.75 Å². The van der Waals surface area contributed by atoms with Crippen molar-refractivity contribution in [2.24, 2.45) is 0 Å². The molecule has 0 aliphatic carbocycles. The molecule has 0 spiro atoms. The van der Waals surface area contributed by atoms with Crippen molar-refractivity contribution in [1.29, 1.82) is 0 Å². The largest absolute Gasteiger partial charge is 0.495 e. The van der Waals surface area contributed by atoms with E-state index < -0.39 is 39.6 Å². The van der Waals surface area contributed by atoms with Gasteiger partial charge in [0.1, 0.15) is 28.7 Å². The first-order chi connectivity index (χ1) is 14.8. The molecule has 32 heavy (non-hydrogen) atoms. The number of halogens is 3. The van der Waals surface area contributed by atoms with Gasteiger partial charge in [0.2, 0.25) is 5.95 Å². The number of anilines is 1. The monoisotopic (exact) mass is 472 g/mol. The van der Waals surface area contributed by atoms with Crippen molar-refractivity contribution in [1.82, 2.24) is 14.4 Å². The van der Waals surface area contributed by atoms with Crippen LogP contribution >= 0.6 is 0 Å². The molecule has 8 nitrogen and oxygen atoms in total. The topological polar surface area (TPSA) is 106 Å². The number of aromatic nitrogens is 3. The fourth-order valence-electron chi connectivity index (χ4n) is 2.90. The van der Waals surface area contributed by atoms with Gasteiger partial charge in [-0.1, -0.05) is 0 Å². The van der Waals surface area contributed by atoms with Gasteiger partial charge in [-0.15, -0.1) is 0 Å². The van der Waals surface area contributed by atoms with Gasteiger partial charge in [0.25, 0.3) is 5.92 Å². The van der Waals surface area contributed by atoms with Crippen LogP contribution in [0.25, 0.3) is 16.9 Å². The zero-order valence-electron chi connectivity index (χ0n) is 17.9. The van der Waals surface area contributed by atoms with Crippen LogP contribution in [-0.4, -0.2) is 58.8 Å². The Morgan fingerprint density at radius 2 is 1.91 bits per heavy atom. The molecular formula is C20H23F3N4O4S. The molecule has 0 aliphatic rings. The van der Waals surface area contributed by atoms with E-state index in [4.69, 9.17) is 9.84 Å². The van der Waals surface area contributed by atoms with E-state index in [0.717, 1.165) is 6.07 Å². The Bertz CT molecular complexity index is 1250. The third-order valence-corrected chi connectivity index (χ3v) is 7.24. The fraction of sp³-hybridized carbons (Fsp3) is 0.400. The minimum Gasteiger partial charge on any atom is -0.495 e. The molecule has 0 saturated heterocycles. The zero-order valence-corrected chi connectivity index (χ0v) is 18.7. The van der Waals surface area contributed by atoms with Crippen molar-refractivity contribution in [3.8, 4) is 17.0 Å². The molecule has 3 rings (SSSR count). The highest BCUT2D eigenvalue weighted by Crippen LogP contribution is 2.34. The molecule has 12 heteroatoms. The highest BCUT2D eigenvalue weighted by Gasteiger charge is 2.34. The lowest BCUT2D eigenvalue weighted by Crippen LogP contribution is -2.31. The molecular weight excluding hydrogens is 449 g/mol. The fourth-order valence-corrected chi connectivity index (χ4v) is 4.21. The van der Waals surface area contributed by atoms with E-state index in [1.54, 1.807) is 20.8 Å². The first-order valence-electron chi connectivity index (χ1n) is 9.49. The summed E-state index contributed by atoms with van der Waals surface area (Å²) in [5.74, 6) is -4.42. The van der Waals surface area contributed by atoms with Gasteiger partial charge < -0.3 is 15.2 Å². The number of hydrogen-bond donors (Lipinski definition) is 2. The Kier molecular flexibility index (Phi) is 6.13. The van der Waals surface area contributed by atoms with E-state index >= 15 is 0 Å². The average molecular weight is 472 g/mol. The number of nitrogens with zero attached hydrogens (tertiary/aromatic N) is 3. The molecule has 0 saturated carbocycles. The normalized spacial score (nSPS) is 12.9. The van der Waals surface area contributed by atoms with Crippen molar-refractivity contribution < 1.29 is 31.4 Å². The molecule has 0 aromatic carbocycles. The first-order valence-corrected chi connectivity index (χ1v) is 11.0. The average Bonchev–Trinajstić information content (AvgIpc) is 3.13. The van der Waals surface area contributed by atoms with E-state index in [1.807, 2.05) is 0 Å². The zero-order chi connectivity index (χ0) is 23.9. The summed E-state index contributed by atoms with van der Waals surface area (Å²) in [5.41, 5.74) is 0.874. The maximum absolute atomic E-state index is 14.1. The van der Waals surface area contributed by atoms with Gasteiger partial charge in [-0.3, -0.25) is 4.40 Å². The van der Waals surface area contributed by atoms with Gasteiger partial charge in [0.15, 0.2) is 9.84 Å². The molecule has 3 heterocycles. The summed E-state index contributed by atoms with van der Waals surface area (Å²) in [6.45, 7) is 2.34. The number of imidazole rings is 1. The van der Waals surface area contributed by atoms with Crippen molar-refractivity contribution >= 4 is 21.3 Å². The molecule has 0 fully saturated rings. The Hall–Kier alpha value is -2.86. The number of hydrogen-bond acceptors (Lipinski definition) is 7. The van der Waals surface area contributed by atoms with Crippen LogP contribution in [0.2, 0.25) is 0 Å². The summed E-state index contributed by atoms with van der Waals surface area (Å²) < 4.78 is 72.5. The van der Waals surface area contributed by atoms with Gasteiger partial charge in [-0.25, -0.2) is 27.2 Å². The van der Waals surface area contributed by atoms with Crippen molar-refractivity contribution in [3.63, 3.8) is 0 Å². The quantitative estimate of drug-likeness (QED) is 0.509. The predicted molar refractivity (Wildman–Crippen MR) is 112 cm³/mol. The van der Waals surface area contributed by atoms with Gasteiger partial charge in [-0.05, 0) is 26.8 Å². The van der Waals surface area contributed by atoms with Crippen molar-refractivity contribution in [2.75, 3.05) is 25.6 Å². The molecule has 0 aliphatic heterocycles. The summed E-state index contributed by atoms with van der Waals surface area (Å²) in [6.07, 6.45) is 2.73. The van der Waals surface area contributed by atoms with Gasteiger partial charge in [0, 0.05) is 23.9 Å². The number of sulfone groups is 1. The minimum atomic E-state index is -3.81. The molecule has 0 radical (unpaired) electrons. The highest BCUT2D eigenvalue weighted by atomic mass is 32.2. The molecule has 174 valence electrons. The molecule has 0 amide bonds. The van der Waals surface area contributed by atoms with Crippen molar-refractivity contribution in [3.05, 3.63) is 36.5 Å². The summed E-state index contributed by atoms with van der Waals surface area (Å²) >= 11 is 0. The summed E-state index contributed by atoms with van der Waals surface area (Å²) in [4.78, 5) is 7.68. The van der Waals surface area contributed by atoms with Crippen molar-refractivity contribution in [2.45, 2.75) is 36.3 Å². The van der Waals surface area contributed by atoms with Gasteiger partial charge in [-0.2, -0.15) is 4.39 Å². The van der Waals surface area contributed by atoms with Gasteiger partial charge in [0.05, 0.1) is 30.3 Å². The lowest BCUT2D eigenvalue weighted by molar-refractivity contribution is -0.0373. The second-order valence-corrected chi connectivity index (χ2v) is 10.8. The number of ether oxygens (including phenoxy) is 1. The minimum absolute atomic E-state index is 0.0743. The summed E-state index contributed by atoms with van der Waals surface area (Å²) in [5, 5.41) is 11.0. The molecule has 0 bridgehead atoms. The Labute approximate surface area is 183 Å². The lowest BCUT2D eigenvalue weighted by atomic mass is 10.2. The van der Waals surface area contributed by atoms with Crippen LogP contribution in [0.15, 0.2) is 35.5 Å². The van der Waals surface area contributed by atoms with E-state index in [-0.39, 0.29) is 22.0 Å². The van der Waals surface area contributed by atoms with Gasteiger partial charge >= 0.3 is 0 Å². The third kappa shape index (κ3) is 4.51. The van der Waals surface area contributed by atoms with E-state index in [0.29, 0.717) is 11.3 Å². The maximum atomic E-state index is 14.1. The molecule has 0 atom stereocenters. The summed E-state index contributed by atoms with van der Waals surface area (Å²) in [6, 6.07) is 3.84. The smallest absolute Gasteiger partial charge is 0.287 e. The standard InChI is InChI=1S/C20H23F3N4O4S/c1-19(2,3)32(29,30)15-9-27-13(8-24-18(27)7-14(15)31-4)12-5-16(21)26-17(6-12)25-10-20(22,23)11-28/h5-9,28H,10-11H2,1-4H3,(H,25,26). The first kappa shape index (κ1) is 23.8.